The number of nitrogens with zero attached hydrogens (tertiary/aromatic N) is 3. The molecule has 0 aromatic carbocycles. The van der Waals surface area contributed by atoms with Crippen molar-refractivity contribution in [1.29, 1.82) is 0 Å². The van der Waals surface area contributed by atoms with E-state index in [1.165, 1.54) is 0 Å². The normalized spacial score (nSPS) is 11.1. The topological polar surface area (TPSA) is 55.7 Å². The molecule has 0 aliphatic heterocycles. The number of methoxy groups -OCH3 is 1. The fourth-order valence-corrected chi connectivity index (χ4v) is 2.95. The Morgan fingerprint density at radius 3 is 2.94 bits per heavy atom. The smallest absolute Gasteiger partial charge is 0.195 e. The van der Waals surface area contributed by atoms with Crippen LogP contribution in [0.2, 0.25) is 0 Å². The van der Waals surface area contributed by atoms with Gasteiger partial charge in [0, 0.05) is 13.7 Å². The first kappa shape index (κ1) is 13.4. The van der Waals surface area contributed by atoms with Gasteiger partial charge in [0.05, 0.1) is 22.2 Å². The van der Waals surface area contributed by atoms with E-state index in [0.29, 0.717) is 11.4 Å². The second-order valence-electron chi connectivity index (χ2n) is 3.95. The van der Waals surface area contributed by atoms with E-state index < -0.39 is 0 Å². The fraction of sp³-hybridized carbons (Fsp3) is 0.545. The summed E-state index contributed by atoms with van der Waals surface area (Å²) in [6.07, 6.45) is 1.01. The minimum atomic E-state index is 0.491. The lowest BCUT2D eigenvalue weighted by atomic mass is 10.3. The van der Waals surface area contributed by atoms with Crippen LogP contribution >= 0.6 is 23.6 Å². The van der Waals surface area contributed by atoms with E-state index in [1.807, 2.05) is 11.5 Å². The van der Waals surface area contributed by atoms with Crippen LogP contribution in [0.3, 0.4) is 0 Å². The fourth-order valence-electron chi connectivity index (χ4n) is 1.80. The Kier molecular flexibility index (Phi) is 4.26. The van der Waals surface area contributed by atoms with Crippen LogP contribution in [0.4, 0.5) is 0 Å². The predicted molar refractivity (Wildman–Crippen MR) is 74.3 cm³/mol. The number of aryl methyl sites for hydroxylation is 1. The molecule has 7 heteroatoms. The molecule has 0 saturated carbocycles. The van der Waals surface area contributed by atoms with Crippen molar-refractivity contribution in [2.75, 3.05) is 7.11 Å². The van der Waals surface area contributed by atoms with Crippen molar-refractivity contribution >= 4 is 23.6 Å². The van der Waals surface area contributed by atoms with E-state index >= 15 is 0 Å². The van der Waals surface area contributed by atoms with Gasteiger partial charge in [0.2, 0.25) is 0 Å². The summed E-state index contributed by atoms with van der Waals surface area (Å²) in [6.45, 7) is 5.45. The number of nitrogens with one attached hydrogen (secondary N) is 1. The van der Waals surface area contributed by atoms with Crippen LogP contribution in [0.15, 0.2) is 0 Å². The third kappa shape index (κ3) is 2.52. The van der Waals surface area contributed by atoms with Crippen LogP contribution in [0.1, 0.15) is 24.0 Å². The number of aromatic amines is 1. The maximum absolute atomic E-state index is 5.25. The van der Waals surface area contributed by atoms with Gasteiger partial charge in [0.25, 0.3) is 0 Å². The quantitative estimate of drug-likeness (QED) is 0.858. The number of H-pyrrole nitrogens is 1. The second kappa shape index (κ2) is 5.73. The zero-order chi connectivity index (χ0) is 13.1. The molecule has 0 saturated heterocycles. The molecule has 0 unspecified atom stereocenters. The Bertz CT molecular complexity index is 584. The number of aromatic nitrogens is 4. The van der Waals surface area contributed by atoms with E-state index in [9.17, 15) is 0 Å². The minimum absolute atomic E-state index is 0.491. The second-order valence-corrected chi connectivity index (χ2v) is 5.54. The van der Waals surface area contributed by atoms with E-state index in [0.717, 1.165) is 34.4 Å². The third-order valence-corrected chi connectivity index (χ3v) is 3.81. The average Bonchev–Trinajstić information content (AvgIpc) is 2.85. The Balaban J connectivity index is 2.51. The van der Waals surface area contributed by atoms with Crippen molar-refractivity contribution in [2.24, 2.45) is 0 Å². The summed E-state index contributed by atoms with van der Waals surface area (Å²) < 4.78 is 7.85. The molecule has 0 radical (unpaired) electrons. The number of rotatable bonds is 5. The van der Waals surface area contributed by atoms with Crippen molar-refractivity contribution in [3.63, 3.8) is 0 Å². The van der Waals surface area contributed by atoms with Gasteiger partial charge in [-0.3, -0.25) is 9.67 Å². The van der Waals surface area contributed by atoms with Gasteiger partial charge in [-0.1, -0.05) is 6.92 Å². The van der Waals surface area contributed by atoms with Crippen LogP contribution in [0.25, 0.3) is 10.7 Å². The van der Waals surface area contributed by atoms with Crippen LogP contribution in [-0.2, 0) is 17.9 Å². The summed E-state index contributed by atoms with van der Waals surface area (Å²) in [5.41, 5.74) is 0.923. The highest BCUT2D eigenvalue weighted by Crippen LogP contribution is 2.29. The molecule has 18 heavy (non-hydrogen) atoms. The monoisotopic (exact) mass is 284 g/mol. The third-order valence-electron chi connectivity index (χ3n) is 2.49. The lowest BCUT2D eigenvalue weighted by Crippen LogP contribution is -2.01. The molecule has 2 rings (SSSR count). The molecule has 2 heterocycles. The molecule has 0 aliphatic rings. The van der Waals surface area contributed by atoms with E-state index in [2.05, 4.69) is 22.1 Å². The molecule has 1 N–H and O–H groups in total. The number of ether oxygens (including phenoxy) is 1. The van der Waals surface area contributed by atoms with E-state index in [1.54, 1.807) is 18.4 Å². The number of hydrogen-bond acceptors (Lipinski definition) is 5. The molecule has 0 amide bonds. The molecule has 2 aromatic heterocycles. The summed E-state index contributed by atoms with van der Waals surface area (Å²) in [7, 11) is 1.67. The first-order valence-electron chi connectivity index (χ1n) is 5.78. The highest BCUT2D eigenvalue weighted by Gasteiger charge is 2.17. The molecular formula is C11H16N4OS2. The van der Waals surface area contributed by atoms with Crippen LogP contribution in [0.5, 0.6) is 0 Å². The largest absolute Gasteiger partial charge is 0.378 e. The highest BCUT2D eigenvalue weighted by molar-refractivity contribution is 7.71. The van der Waals surface area contributed by atoms with Gasteiger partial charge in [-0.05, 0) is 25.6 Å². The summed E-state index contributed by atoms with van der Waals surface area (Å²) in [5.74, 6) is 0.861. The minimum Gasteiger partial charge on any atom is -0.378 e. The van der Waals surface area contributed by atoms with Gasteiger partial charge in [-0.25, -0.2) is 4.98 Å². The average molecular weight is 284 g/mol. The maximum atomic E-state index is 5.25. The summed E-state index contributed by atoms with van der Waals surface area (Å²) in [4.78, 5) is 5.52. The number of hydrogen-bond donors (Lipinski definition) is 1. The van der Waals surface area contributed by atoms with Crippen LogP contribution in [-0.4, -0.2) is 26.9 Å². The molecule has 0 bridgehead atoms. The zero-order valence-electron chi connectivity index (χ0n) is 10.7. The summed E-state index contributed by atoms with van der Waals surface area (Å²) in [6, 6.07) is 0. The molecule has 0 atom stereocenters. The van der Waals surface area contributed by atoms with Crippen LogP contribution in [0, 0.1) is 11.7 Å². The van der Waals surface area contributed by atoms with Gasteiger partial charge in [0.15, 0.2) is 10.6 Å². The molecule has 98 valence electrons. The Morgan fingerprint density at radius 1 is 1.50 bits per heavy atom. The van der Waals surface area contributed by atoms with E-state index in [4.69, 9.17) is 17.0 Å². The zero-order valence-corrected chi connectivity index (χ0v) is 12.3. The SMILES string of the molecule is CCCn1c(-c2sc(C)nc2COC)n[nH]c1=S. The lowest BCUT2D eigenvalue weighted by molar-refractivity contribution is 0.182. The molecule has 2 aromatic rings. The van der Waals surface area contributed by atoms with Crippen molar-refractivity contribution in [3.05, 3.63) is 15.5 Å². The van der Waals surface area contributed by atoms with Gasteiger partial charge < -0.3 is 4.74 Å². The Hall–Kier alpha value is -1.05. The molecule has 5 nitrogen and oxygen atoms in total. The molecule has 0 aliphatic carbocycles. The Morgan fingerprint density at radius 2 is 2.28 bits per heavy atom. The van der Waals surface area contributed by atoms with Gasteiger partial charge >= 0.3 is 0 Å². The van der Waals surface area contributed by atoms with Gasteiger partial charge in [0.1, 0.15) is 0 Å². The van der Waals surface area contributed by atoms with Gasteiger partial charge in [-0.15, -0.1) is 11.3 Å². The van der Waals surface area contributed by atoms with Crippen molar-refractivity contribution in [1.82, 2.24) is 19.7 Å². The summed E-state index contributed by atoms with van der Waals surface area (Å²) in [5, 5.41) is 8.18. The maximum Gasteiger partial charge on any atom is 0.195 e. The standard InChI is InChI=1S/C11H16N4OS2/c1-4-5-15-10(13-14-11(15)17)9-8(6-16-3)12-7(2)18-9/h4-6H2,1-3H3,(H,14,17). The lowest BCUT2D eigenvalue weighted by Gasteiger charge is -2.04. The Labute approximate surface area is 115 Å². The van der Waals surface area contributed by atoms with Crippen molar-refractivity contribution in [3.8, 4) is 10.7 Å². The predicted octanol–water partition coefficient (Wildman–Crippen LogP) is 2.93. The molecular weight excluding hydrogens is 268 g/mol. The first-order valence-corrected chi connectivity index (χ1v) is 7.00. The van der Waals surface area contributed by atoms with Crippen LogP contribution < -0.4 is 0 Å². The first-order chi connectivity index (χ1) is 8.67. The highest BCUT2D eigenvalue weighted by atomic mass is 32.1. The summed E-state index contributed by atoms with van der Waals surface area (Å²) >= 11 is 6.87. The van der Waals surface area contributed by atoms with Crippen molar-refractivity contribution in [2.45, 2.75) is 33.4 Å². The molecule has 0 fully saturated rings. The van der Waals surface area contributed by atoms with Crippen molar-refractivity contribution < 1.29 is 4.74 Å². The molecule has 0 spiro atoms. The van der Waals surface area contributed by atoms with E-state index in [-0.39, 0.29) is 0 Å². The number of thiazole rings is 1. The van der Waals surface area contributed by atoms with Gasteiger partial charge in [-0.2, -0.15) is 5.10 Å².